The number of nitrogens with zero attached hydrogens (tertiary/aromatic N) is 2. The van der Waals surface area contributed by atoms with Crippen molar-refractivity contribution in [2.24, 2.45) is 0 Å². The summed E-state index contributed by atoms with van der Waals surface area (Å²) in [4.78, 5) is 0. The molecule has 4 heteroatoms. The molecule has 0 aliphatic heterocycles. The van der Waals surface area contributed by atoms with Crippen molar-refractivity contribution < 1.29 is 0 Å². The summed E-state index contributed by atoms with van der Waals surface area (Å²) in [7, 11) is 0. The van der Waals surface area contributed by atoms with Crippen molar-refractivity contribution in [1.82, 2.24) is 10.2 Å². The molecule has 0 saturated heterocycles. The Hall–Kier alpha value is -0.490. The van der Waals surface area contributed by atoms with Gasteiger partial charge in [0.05, 0.1) is 0 Å². The molecule has 0 aliphatic carbocycles. The molecular formula is C9H7IN2S. The second-order valence-electron chi connectivity index (χ2n) is 2.73. The van der Waals surface area contributed by atoms with Crippen molar-refractivity contribution in [2.45, 2.75) is 6.92 Å². The fraction of sp³-hybridized carbons (Fsp3) is 0.111. The highest BCUT2D eigenvalue weighted by atomic mass is 127. The number of aromatic nitrogens is 2. The van der Waals surface area contributed by atoms with Crippen molar-refractivity contribution >= 4 is 33.9 Å². The molecule has 2 aromatic rings. The van der Waals surface area contributed by atoms with Gasteiger partial charge in [0.15, 0.2) is 0 Å². The van der Waals surface area contributed by atoms with E-state index in [1.807, 2.05) is 0 Å². The summed E-state index contributed by atoms with van der Waals surface area (Å²) in [6, 6.07) is 6.35. The quantitative estimate of drug-likeness (QED) is 0.756. The fourth-order valence-corrected chi connectivity index (χ4v) is 2.45. The first-order valence-electron chi connectivity index (χ1n) is 3.80. The highest BCUT2D eigenvalue weighted by Gasteiger charge is 2.05. The molecule has 2 rings (SSSR count). The predicted octanol–water partition coefficient (Wildman–Crippen LogP) is 3.12. The average molecular weight is 302 g/mol. The Morgan fingerprint density at radius 3 is 2.92 bits per heavy atom. The average Bonchev–Trinajstić information content (AvgIpc) is 2.61. The molecule has 0 aliphatic rings. The summed E-state index contributed by atoms with van der Waals surface area (Å²) in [6.07, 6.45) is 0. The molecule has 0 radical (unpaired) electrons. The van der Waals surface area contributed by atoms with E-state index in [0.717, 1.165) is 5.01 Å². The summed E-state index contributed by atoms with van der Waals surface area (Å²) < 4.78 is 1.22. The van der Waals surface area contributed by atoms with E-state index in [0.29, 0.717) is 0 Å². The molecule has 0 unspecified atom stereocenters. The third-order valence-corrected chi connectivity index (χ3v) is 3.38. The van der Waals surface area contributed by atoms with Gasteiger partial charge in [-0.25, -0.2) is 0 Å². The Bertz CT molecular complexity index is 412. The lowest BCUT2D eigenvalue weighted by atomic mass is 10.1. The maximum absolute atomic E-state index is 4.05. The van der Waals surface area contributed by atoms with Crippen LogP contribution in [-0.2, 0) is 0 Å². The summed E-state index contributed by atoms with van der Waals surface area (Å²) >= 11 is 3.89. The van der Waals surface area contributed by atoms with E-state index in [-0.39, 0.29) is 0 Å². The smallest absolute Gasteiger partial charge is 0.147 e. The van der Waals surface area contributed by atoms with Gasteiger partial charge in [0, 0.05) is 9.13 Å². The van der Waals surface area contributed by atoms with Crippen LogP contribution in [0.1, 0.15) is 5.56 Å². The van der Waals surface area contributed by atoms with Gasteiger partial charge in [-0.2, -0.15) is 0 Å². The van der Waals surface area contributed by atoms with Gasteiger partial charge < -0.3 is 0 Å². The third-order valence-electron chi connectivity index (χ3n) is 1.71. The highest BCUT2D eigenvalue weighted by Crippen LogP contribution is 2.26. The van der Waals surface area contributed by atoms with Crippen LogP contribution in [0.4, 0.5) is 0 Å². The molecule has 0 saturated carbocycles. The molecule has 0 atom stereocenters. The molecule has 0 amide bonds. The van der Waals surface area contributed by atoms with E-state index >= 15 is 0 Å². The number of benzene rings is 1. The first-order valence-corrected chi connectivity index (χ1v) is 5.76. The van der Waals surface area contributed by atoms with Crippen LogP contribution in [0.3, 0.4) is 0 Å². The Morgan fingerprint density at radius 2 is 2.23 bits per heavy atom. The summed E-state index contributed by atoms with van der Waals surface area (Å²) in [5.74, 6) is 0. The lowest BCUT2D eigenvalue weighted by molar-refractivity contribution is 1.09. The molecule has 66 valence electrons. The predicted molar refractivity (Wildman–Crippen MR) is 62.8 cm³/mol. The van der Waals surface area contributed by atoms with Crippen molar-refractivity contribution in [2.75, 3.05) is 0 Å². The van der Waals surface area contributed by atoms with Crippen LogP contribution in [-0.4, -0.2) is 10.2 Å². The fourth-order valence-electron chi connectivity index (χ4n) is 1.09. The highest BCUT2D eigenvalue weighted by molar-refractivity contribution is 14.1. The second kappa shape index (κ2) is 3.71. The SMILES string of the molecule is Cc1ccc(I)c(-c2nncs2)c1. The molecule has 0 bridgehead atoms. The monoisotopic (exact) mass is 302 g/mol. The second-order valence-corrected chi connectivity index (χ2v) is 4.72. The minimum Gasteiger partial charge on any atom is -0.147 e. The number of halogens is 1. The van der Waals surface area contributed by atoms with E-state index in [9.17, 15) is 0 Å². The van der Waals surface area contributed by atoms with Crippen molar-refractivity contribution in [1.29, 1.82) is 0 Å². The zero-order chi connectivity index (χ0) is 9.26. The van der Waals surface area contributed by atoms with Crippen LogP contribution in [0.5, 0.6) is 0 Å². The van der Waals surface area contributed by atoms with Crippen LogP contribution in [0, 0.1) is 10.5 Å². The van der Waals surface area contributed by atoms with E-state index in [1.54, 1.807) is 16.8 Å². The molecule has 1 heterocycles. The van der Waals surface area contributed by atoms with Crippen LogP contribution >= 0.6 is 33.9 Å². The van der Waals surface area contributed by atoms with Gasteiger partial charge in [-0.1, -0.05) is 23.0 Å². The van der Waals surface area contributed by atoms with E-state index < -0.39 is 0 Å². The normalized spacial score (nSPS) is 10.3. The lowest BCUT2D eigenvalue weighted by Crippen LogP contribution is -1.83. The lowest BCUT2D eigenvalue weighted by Gasteiger charge is -2.00. The molecule has 0 spiro atoms. The summed E-state index contributed by atoms with van der Waals surface area (Å²) in [5, 5.41) is 8.88. The third kappa shape index (κ3) is 1.88. The Kier molecular flexibility index (Phi) is 2.59. The minimum absolute atomic E-state index is 0.994. The van der Waals surface area contributed by atoms with Crippen molar-refractivity contribution in [3.05, 3.63) is 32.8 Å². The van der Waals surface area contributed by atoms with E-state index in [4.69, 9.17) is 0 Å². The number of rotatable bonds is 1. The topological polar surface area (TPSA) is 25.8 Å². The molecule has 1 aromatic carbocycles. The first kappa shape index (κ1) is 9.08. The Balaban J connectivity index is 2.57. The number of hydrogen-bond acceptors (Lipinski definition) is 3. The largest absolute Gasteiger partial charge is 0.148 e. The zero-order valence-corrected chi connectivity index (χ0v) is 9.96. The van der Waals surface area contributed by atoms with Gasteiger partial charge in [0.25, 0.3) is 0 Å². The van der Waals surface area contributed by atoms with E-state index in [2.05, 4.69) is 57.9 Å². The molecule has 13 heavy (non-hydrogen) atoms. The van der Waals surface area contributed by atoms with Gasteiger partial charge in [0.1, 0.15) is 10.5 Å². The zero-order valence-electron chi connectivity index (χ0n) is 6.99. The van der Waals surface area contributed by atoms with Crippen molar-refractivity contribution in [3.63, 3.8) is 0 Å². The Labute approximate surface area is 94.2 Å². The maximum Gasteiger partial charge on any atom is 0.148 e. The molecule has 0 fully saturated rings. The van der Waals surface area contributed by atoms with Crippen LogP contribution in [0.25, 0.3) is 10.6 Å². The molecule has 2 nitrogen and oxygen atoms in total. The molecular weight excluding hydrogens is 295 g/mol. The summed E-state index contributed by atoms with van der Waals surface area (Å²) in [6.45, 7) is 2.08. The van der Waals surface area contributed by atoms with Gasteiger partial charge in [-0.3, -0.25) is 0 Å². The van der Waals surface area contributed by atoms with Crippen molar-refractivity contribution in [3.8, 4) is 10.6 Å². The van der Waals surface area contributed by atoms with Gasteiger partial charge >= 0.3 is 0 Å². The molecule has 0 N–H and O–H groups in total. The number of hydrogen-bond donors (Lipinski definition) is 0. The Morgan fingerprint density at radius 1 is 1.38 bits per heavy atom. The summed E-state index contributed by atoms with van der Waals surface area (Å²) in [5.41, 5.74) is 4.20. The first-order chi connectivity index (χ1) is 6.27. The standard InChI is InChI=1S/C9H7IN2S/c1-6-2-3-8(10)7(4-6)9-12-11-5-13-9/h2-5H,1H3. The van der Waals surface area contributed by atoms with Crippen LogP contribution in [0.2, 0.25) is 0 Å². The van der Waals surface area contributed by atoms with Crippen LogP contribution in [0.15, 0.2) is 23.7 Å². The molecule has 1 aromatic heterocycles. The van der Waals surface area contributed by atoms with E-state index in [1.165, 1.54) is 14.7 Å². The van der Waals surface area contributed by atoms with Gasteiger partial charge in [-0.15, -0.1) is 10.2 Å². The minimum atomic E-state index is 0.994. The van der Waals surface area contributed by atoms with Gasteiger partial charge in [-0.05, 0) is 41.6 Å². The van der Waals surface area contributed by atoms with Gasteiger partial charge in [0.2, 0.25) is 0 Å². The maximum atomic E-state index is 4.05. The van der Waals surface area contributed by atoms with Crippen LogP contribution < -0.4 is 0 Å². The number of aryl methyl sites for hydroxylation is 1.